The van der Waals surface area contributed by atoms with Crippen LogP contribution in [0.1, 0.15) is 6.92 Å². The van der Waals surface area contributed by atoms with E-state index < -0.39 is 0 Å². The molecule has 0 bridgehead atoms. The molecule has 1 nitrogen and oxygen atoms in total. The molecule has 0 saturated carbocycles. The number of rotatable bonds is 0. The van der Waals surface area contributed by atoms with E-state index in [0.29, 0.717) is 0 Å². The zero-order valence-corrected chi connectivity index (χ0v) is 4.10. The maximum atomic E-state index is 3.80. The SMILES string of the molecule is CC1=C=C=CN=C1. The third kappa shape index (κ3) is 0.902. The Morgan fingerprint density at radius 2 is 2.57 bits per heavy atom. The van der Waals surface area contributed by atoms with Gasteiger partial charge in [-0.1, -0.05) is 5.73 Å². The average molecular weight is 91.1 g/mol. The van der Waals surface area contributed by atoms with Crippen LogP contribution in [0, 0.1) is 0 Å². The molecule has 34 valence electrons. The van der Waals surface area contributed by atoms with Gasteiger partial charge in [0.05, 0.1) is 6.20 Å². The lowest BCUT2D eigenvalue weighted by molar-refractivity contribution is 1.52. The van der Waals surface area contributed by atoms with Crippen molar-refractivity contribution in [2.45, 2.75) is 6.92 Å². The highest BCUT2D eigenvalue weighted by molar-refractivity contribution is 5.78. The van der Waals surface area contributed by atoms with Crippen LogP contribution in [0.5, 0.6) is 0 Å². The summed E-state index contributed by atoms with van der Waals surface area (Å²) < 4.78 is 0. The molecule has 0 unspecified atom stereocenters. The van der Waals surface area contributed by atoms with Gasteiger partial charge >= 0.3 is 0 Å². The first-order valence-electron chi connectivity index (χ1n) is 2.09. The summed E-state index contributed by atoms with van der Waals surface area (Å²) in [5.74, 6) is 0. The van der Waals surface area contributed by atoms with E-state index in [9.17, 15) is 0 Å². The van der Waals surface area contributed by atoms with Crippen molar-refractivity contribution in [1.82, 2.24) is 0 Å². The smallest absolute Gasteiger partial charge is 0.0770 e. The molecule has 0 aromatic rings. The van der Waals surface area contributed by atoms with E-state index in [-0.39, 0.29) is 0 Å². The van der Waals surface area contributed by atoms with E-state index in [1.54, 1.807) is 12.4 Å². The average Bonchev–Trinajstić information content (AvgIpc) is 1.69. The maximum absolute atomic E-state index is 3.80. The Bertz CT molecular complexity index is 186. The van der Waals surface area contributed by atoms with E-state index in [4.69, 9.17) is 0 Å². The van der Waals surface area contributed by atoms with Crippen LogP contribution in [0.25, 0.3) is 0 Å². The zero-order valence-electron chi connectivity index (χ0n) is 4.10. The first kappa shape index (κ1) is 4.14. The molecule has 0 spiro atoms. The molecule has 0 aliphatic carbocycles. The van der Waals surface area contributed by atoms with Crippen molar-refractivity contribution in [3.63, 3.8) is 0 Å². The van der Waals surface area contributed by atoms with E-state index >= 15 is 0 Å². The van der Waals surface area contributed by atoms with Crippen LogP contribution in [-0.2, 0) is 0 Å². The topological polar surface area (TPSA) is 12.4 Å². The summed E-state index contributed by atoms with van der Waals surface area (Å²) in [6.45, 7) is 1.93. The van der Waals surface area contributed by atoms with E-state index in [2.05, 4.69) is 16.5 Å². The second-order valence-corrected chi connectivity index (χ2v) is 1.36. The third-order valence-corrected chi connectivity index (χ3v) is 0.677. The van der Waals surface area contributed by atoms with Gasteiger partial charge in [0.2, 0.25) is 0 Å². The van der Waals surface area contributed by atoms with Crippen LogP contribution in [0.3, 0.4) is 0 Å². The van der Waals surface area contributed by atoms with Gasteiger partial charge in [0.15, 0.2) is 0 Å². The molecule has 0 aromatic heterocycles. The Hall–Kier alpha value is -1.03. The fourth-order valence-electron chi connectivity index (χ4n) is 0.365. The van der Waals surface area contributed by atoms with E-state index in [1.807, 2.05) is 6.92 Å². The molecule has 0 fully saturated rings. The lowest BCUT2D eigenvalue weighted by Gasteiger charge is -1.80. The molecule has 0 N–H and O–H groups in total. The number of hydrogen-bond acceptors (Lipinski definition) is 1. The maximum Gasteiger partial charge on any atom is 0.0770 e. The Morgan fingerprint density at radius 3 is 2.86 bits per heavy atom. The van der Waals surface area contributed by atoms with Gasteiger partial charge in [-0.2, -0.15) is 0 Å². The van der Waals surface area contributed by atoms with Crippen LogP contribution in [0.15, 0.2) is 28.2 Å². The Kier molecular flexibility index (Phi) is 0.953. The quantitative estimate of drug-likeness (QED) is 0.398. The molecular weight excluding hydrogens is 86.1 g/mol. The molecule has 7 heavy (non-hydrogen) atoms. The molecule has 0 amide bonds. The Morgan fingerprint density at radius 1 is 1.71 bits per heavy atom. The van der Waals surface area contributed by atoms with E-state index in [0.717, 1.165) is 5.57 Å². The van der Waals surface area contributed by atoms with Gasteiger partial charge in [-0.05, 0) is 12.7 Å². The van der Waals surface area contributed by atoms with Gasteiger partial charge in [-0.25, -0.2) is 0 Å². The van der Waals surface area contributed by atoms with Gasteiger partial charge in [0.1, 0.15) is 0 Å². The minimum atomic E-state index is 1.03. The summed E-state index contributed by atoms with van der Waals surface area (Å²) in [7, 11) is 0. The Balaban J connectivity index is 3.14. The molecule has 1 rings (SSSR count). The normalized spacial score (nSPS) is 14.7. The summed E-state index contributed by atoms with van der Waals surface area (Å²) in [5, 5.41) is 0. The molecule has 0 radical (unpaired) electrons. The lowest BCUT2D eigenvalue weighted by Crippen LogP contribution is -1.73. The van der Waals surface area contributed by atoms with E-state index in [1.165, 1.54) is 0 Å². The lowest BCUT2D eigenvalue weighted by atomic mass is 10.3. The Labute approximate surface area is 42.4 Å². The standard InChI is InChI=1S/C6H5N/c1-6-3-2-4-7-5-6/h4-5H,1H3. The second kappa shape index (κ2) is 1.61. The molecule has 1 aliphatic rings. The number of aliphatic imine (C=N–C) groups is 1. The highest BCUT2D eigenvalue weighted by Gasteiger charge is 1.76. The van der Waals surface area contributed by atoms with Gasteiger partial charge in [0.25, 0.3) is 0 Å². The van der Waals surface area contributed by atoms with Crippen LogP contribution < -0.4 is 0 Å². The minimum Gasteiger partial charge on any atom is -0.255 e. The molecule has 1 aliphatic heterocycles. The number of allylic oxidation sites excluding steroid dienone is 1. The second-order valence-electron chi connectivity index (χ2n) is 1.36. The fraction of sp³-hybridized carbons (Fsp3) is 0.167. The fourth-order valence-corrected chi connectivity index (χ4v) is 0.365. The first-order chi connectivity index (χ1) is 3.39. The highest BCUT2D eigenvalue weighted by atomic mass is 14.7. The van der Waals surface area contributed by atoms with Gasteiger partial charge in [0, 0.05) is 11.8 Å². The summed E-state index contributed by atoms with van der Waals surface area (Å²) in [6.07, 6.45) is 3.34. The molecule has 1 heterocycles. The van der Waals surface area contributed by atoms with Crippen molar-refractivity contribution in [2.24, 2.45) is 4.99 Å². The largest absolute Gasteiger partial charge is 0.255 e. The molecule has 0 saturated heterocycles. The predicted octanol–water partition coefficient (Wildman–Crippen LogP) is 1.28. The number of nitrogens with zero attached hydrogens (tertiary/aromatic N) is 1. The zero-order chi connectivity index (χ0) is 5.11. The van der Waals surface area contributed by atoms with Crippen molar-refractivity contribution in [2.75, 3.05) is 0 Å². The monoisotopic (exact) mass is 91.0 g/mol. The van der Waals surface area contributed by atoms with Crippen LogP contribution in [-0.4, -0.2) is 6.21 Å². The van der Waals surface area contributed by atoms with Gasteiger partial charge < -0.3 is 0 Å². The van der Waals surface area contributed by atoms with Crippen LogP contribution >= 0.6 is 0 Å². The van der Waals surface area contributed by atoms with Gasteiger partial charge in [-0.15, -0.1) is 0 Å². The number of hydrogen-bond donors (Lipinski definition) is 0. The van der Waals surface area contributed by atoms with Crippen molar-refractivity contribution in [1.29, 1.82) is 0 Å². The van der Waals surface area contributed by atoms with Crippen molar-refractivity contribution < 1.29 is 0 Å². The first-order valence-corrected chi connectivity index (χ1v) is 2.09. The molecular formula is C6H5N. The van der Waals surface area contributed by atoms with Crippen LogP contribution in [0.4, 0.5) is 0 Å². The van der Waals surface area contributed by atoms with Crippen molar-refractivity contribution in [3.05, 3.63) is 23.2 Å². The molecule has 1 heteroatoms. The summed E-state index contributed by atoms with van der Waals surface area (Å²) in [4.78, 5) is 3.80. The van der Waals surface area contributed by atoms with Crippen molar-refractivity contribution in [3.8, 4) is 0 Å². The van der Waals surface area contributed by atoms with Crippen molar-refractivity contribution >= 4 is 6.21 Å². The summed E-state index contributed by atoms with van der Waals surface area (Å²) >= 11 is 0. The summed E-state index contributed by atoms with van der Waals surface area (Å²) in [5.41, 5.74) is 6.60. The minimum absolute atomic E-state index is 1.03. The molecule has 0 aromatic carbocycles. The van der Waals surface area contributed by atoms with Crippen LogP contribution in [0.2, 0.25) is 0 Å². The molecule has 0 atom stereocenters. The predicted molar refractivity (Wildman–Crippen MR) is 29.3 cm³/mol. The highest BCUT2D eigenvalue weighted by Crippen LogP contribution is 1.86. The van der Waals surface area contributed by atoms with Gasteiger partial charge in [-0.3, -0.25) is 4.99 Å². The summed E-state index contributed by atoms with van der Waals surface area (Å²) in [6, 6.07) is 0. The third-order valence-electron chi connectivity index (χ3n) is 0.677.